The van der Waals surface area contributed by atoms with Gasteiger partial charge < -0.3 is 28.7 Å². The second kappa shape index (κ2) is 12.1. The molecule has 0 aromatic heterocycles. The Morgan fingerprint density at radius 3 is 2.44 bits per heavy atom. The lowest BCUT2D eigenvalue weighted by atomic mass is 10.0. The number of methoxy groups -OCH3 is 2. The summed E-state index contributed by atoms with van der Waals surface area (Å²) in [7, 11) is 3.17. The molecular weight excluding hydrogens is 440 g/mol. The molecule has 9 nitrogen and oxygen atoms in total. The van der Waals surface area contributed by atoms with Crippen LogP contribution in [0.5, 0.6) is 11.5 Å². The molecule has 34 heavy (non-hydrogen) atoms. The number of likely N-dealkylation sites (tertiary alicyclic amines) is 1. The van der Waals surface area contributed by atoms with Crippen molar-refractivity contribution in [1.29, 1.82) is 0 Å². The van der Waals surface area contributed by atoms with Crippen LogP contribution in [0.4, 0.5) is 4.79 Å². The van der Waals surface area contributed by atoms with Crippen LogP contribution < -0.4 is 9.47 Å². The summed E-state index contributed by atoms with van der Waals surface area (Å²) in [5, 5.41) is 0. The Kier molecular flexibility index (Phi) is 9.73. The zero-order valence-corrected chi connectivity index (χ0v) is 21.4. The second-order valence-electron chi connectivity index (χ2n) is 9.64. The fourth-order valence-corrected chi connectivity index (χ4v) is 3.61. The summed E-state index contributed by atoms with van der Waals surface area (Å²) < 4.78 is 21.6. The minimum atomic E-state index is -0.643. The van der Waals surface area contributed by atoms with Gasteiger partial charge in [0.05, 0.1) is 26.2 Å². The first-order valence-electron chi connectivity index (χ1n) is 11.6. The summed E-state index contributed by atoms with van der Waals surface area (Å²) >= 11 is 0. The molecule has 0 radical (unpaired) electrons. The predicted molar refractivity (Wildman–Crippen MR) is 127 cm³/mol. The zero-order chi connectivity index (χ0) is 25.5. The normalized spacial score (nSPS) is 16.1. The summed E-state index contributed by atoms with van der Waals surface area (Å²) in [4.78, 5) is 41.5. The lowest BCUT2D eigenvalue weighted by Gasteiger charge is -2.29. The van der Waals surface area contributed by atoms with Crippen molar-refractivity contribution in [3.05, 3.63) is 23.8 Å². The van der Waals surface area contributed by atoms with Gasteiger partial charge in [0, 0.05) is 44.8 Å². The van der Waals surface area contributed by atoms with E-state index in [0.717, 1.165) is 0 Å². The quantitative estimate of drug-likeness (QED) is 0.476. The number of rotatable bonds is 10. The van der Waals surface area contributed by atoms with Gasteiger partial charge in [-0.15, -0.1) is 0 Å². The molecular formula is C25H38N2O7. The van der Waals surface area contributed by atoms with Crippen LogP contribution in [0.3, 0.4) is 0 Å². The third-order valence-electron chi connectivity index (χ3n) is 5.36. The average Bonchev–Trinajstić information content (AvgIpc) is 3.13. The van der Waals surface area contributed by atoms with Gasteiger partial charge in [0.1, 0.15) is 5.60 Å². The molecule has 190 valence electrons. The molecule has 0 unspecified atom stereocenters. The largest absolute Gasteiger partial charge is 0.493 e. The molecule has 0 aliphatic carbocycles. The molecule has 1 aromatic rings. The van der Waals surface area contributed by atoms with E-state index in [1.807, 2.05) is 13.8 Å². The van der Waals surface area contributed by atoms with E-state index in [0.29, 0.717) is 36.7 Å². The Morgan fingerprint density at radius 1 is 1.15 bits per heavy atom. The fourth-order valence-electron chi connectivity index (χ4n) is 3.61. The highest BCUT2D eigenvalue weighted by Gasteiger charge is 2.38. The molecule has 2 amide bonds. The Hall–Kier alpha value is -2.81. The first-order valence-corrected chi connectivity index (χ1v) is 11.6. The SMILES string of the molecule is COCCCOc1cc(C(=O)N(C[C@@H]2CN(C(=O)OC(C)(C)C)CC2=O)C(C)C)ccc1OC. The molecule has 1 saturated heterocycles. The van der Waals surface area contributed by atoms with Gasteiger partial charge in [0.15, 0.2) is 17.3 Å². The molecule has 0 saturated carbocycles. The first kappa shape index (κ1) is 27.4. The number of Topliss-reactive ketones (excluding diaryl/α,β-unsaturated/α-hetero) is 1. The van der Waals surface area contributed by atoms with Crippen LogP contribution >= 0.6 is 0 Å². The van der Waals surface area contributed by atoms with Crippen LogP contribution in [0.2, 0.25) is 0 Å². The van der Waals surface area contributed by atoms with Crippen LogP contribution in [-0.2, 0) is 14.3 Å². The van der Waals surface area contributed by atoms with Crippen molar-refractivity contribution in [1.82, 2.24) is 9.80 Å². The highest BCUT2D eigenvalue weighted by atomic mass is 16.6. The number of carbonyl (C=O) groups excluding carboxylic acids is 3. The van der Waals surface area contributed by atoms with Crippen LogP contribution in [0, 0.1) is 5.92 Å². The predicted octanol–water partition coefficient (Wildman–Crippen LogP) is 3.40. The van der Waals surface area contributed by atoms with Gasteiger partial charge in [-0.3, -0.25) is 9.59 Å². The average molecular weight is 479 g/mol. The molecule has 1 fully saturated rings. The number of nitrogens with zero attached hydrogens (tertiary/aromatic N) is 2. The number of amides is 2. The Labute approximate surface area is 202 Å². The summed E-state index contributed by atoms with van der Waals surface area (Å²) in [6, 6.07) is 4.89. The summed E-state index contributed by atoms with van der Waals surface area (Å²) in [5.41, 5.74) is -0.207. The lowest BCUT2D eigenvalue weighted by molar-refractivity contribution is -0.120. The van der Waals surface area contributed by atoms with E-state index in [4.69, 9.17) is 18.9 Å². The van der Waals surface area contributed by atoms with E-state index in [1.54, 1.807) is 58.1 Å². The van der Waals surface area contributed by atoms with Crippen molar-refractivity contribution in [2.45, 2.75) is 52.7 Å². The van der Waals surface area contributed by atoms with Crippen molar-refractivity contribution in [3.63, 3.8) is 0 Å². The number of hydrogen-bond donors (Lipinski definition) is 0. The molecule has 1 atom stereocenters. The zero-order valence-electron chi connectivity index (χ0n) is 21.4. The topological polar surface area (TPSA) is 94.6 Å². The molecule has 1 aliphatic rings. The van der Waals surface area contributed by atoms with Gasteiger partial charge in [-0.2, -0.15) is 0 Å². The highest BCUT2D eigenvalue weighted by molar-refractivity contribution is 5.96. The molecule has 1 heterocycles. The van der Waals surface area contributed by atoms with Crippen molar-refractivity contribution >= 4 is 17.8 Å². The van der Waals surface area contributed by atoms with Crippen LogP contribution in [0.15, 0.2) is 18.2 Å². The smallest absolute Gasteiger partial charge is 0.410 e. The van der Waals surface area contributed by atoms with Gasteiger partial charge >= 0.3 is 6.09 Å². The Morgan fingerprint density at radius 2 is 1.85 bits per heavy atom. The van der Waals surface area contributed by atoms with Crippen LogP contribution in [0.25, 0.3) is 0 Å². The number of carbonyl (C=O) groups is 3. The number of hydrogen-bond acceptors (Lipinski definition) is 7. The molecule has 1 aromatic carbocycles. The summed E-state index contributed by atoms with van der Waals surface area (Å²) in [5.74, 6) is 0.233. The van der Waals surface area contributed by atoms with E-state index in [2.05, 4.69) is 0 Å². The molecule has 0 bridgehead atoms. The number of ketones is 1. The Bertz CT molecular complexity index is 863. The lowest BCUT2D eigenvalue weighted by Crippen LogP contribution is -2.42. The fraction of sp³-hybridized carbons (Fsp3) is 0.640. The van der Waals surface area contributed by atoms with Gasteiger partial charge in [-0.25, -0.2) is 4.79 Å². The van der Waals surface area contributed by atoms with Crippen molar-refractivity contribution in [2.24, 2.45) is 5.92 Å². The molecule has 0 N–H and O–H groups in total. The molecule has 2 rings (SSSR count). The third kappa shape index (κ3) is 7.62. The van der Waals surface area contributed by atoms with Gasteiger partial charge in [0.25, 0.3) is 5.91 Å². The minimum Gasteiger partial charge on any atom is -0.493 e. The third-order valence-corrected chi connectivity index (χ3v) is 5.36. The summed E-state index contributed by atoms with van der Waals surface area (Å²) in [6.45, 7) is 10.6. The summed E-state index contributed by atoms with van der Waals surface area (Å²) in [6.07, 6.45) is 0.185. The number of ether oxygens (including phenoxy) is 4. The van der Waals surface area contributed by atoms with E-state index >= 15 is 0 Å². The van der Waals surface area contributed by atoms with Crippen LogP contribution in [0.1, 0.15) is 51.4 Å². The molecule has 9 heteroatoms. The first-order chi connectivity index (χ1) is 16.0. The standard InChI is InChI=1S/C25H38N2O7/c1-17(2)27(15-19-14-26(16-20(19)28)24(30)34-25(3,4)5)23(29)18-9-10-21(32-7)22(13-18)33-12-8-11-31-6/h9-10,13,17,19H,8,11-12,14-16H2,1-7H3/t19-/m0/s1. The minimum absolute atomic E-state index is 0.0122. The monoisotopic (exact) mass is 478 g/mol. The Balaban J connectivity index is 2.13. The van der Waals surface area contributed by atoms with Crippen molar-refractivity contribution in [2.75, 3.05) is 47.1 Å². The molecule has 0 spiro atoms. The maximum Gasteiger partial charge on any atom is 0.410 e. The van der Waals surface area contributed by atoms with E-state index in [1.165, 1.54) is 4.90 Å². The van der Waals surface area contributed by atoms with Crippen molar-refractivity contribution in [3.8, 4) is 11.5 Å². The van der Waals surface area contributed by atoms with E-state index in [9.17, 15) is 14.4 Å². The van der Waals surface area contributed by atoms with Gasteiger partial charge in [0.2, 0.25) is 0 Å². The maximum atomic E-state index is 13.4. The highest BCUT2D eigenvalue weighted by Crippen LogP contribution is 2.29. The van der Waals surface area contributed by atoms with E-state index < -0.39 is 17.6 Å². The van der Waals surface area contributed by atoms with Gasteiger partial charge in [-0.05, 0) is 52.8 Å². The van der Waals surface area contributed by atoms with Gasteiger partial charge in [-0.1, -0.05) is 0 Å². The molecule has 1 aliphatic heterocycles. The number of benzene rings is 1. The second-order valence-corrected chi connectivity index (χ2v) is 9.64. The maximum absolute atomic E-state index is 13.4. The van der Waals surface area contributed by atoms with Crippen molar-refractivity contribution < 1.29 is 33.3 Å². The van der Waals surface area contributed by atoms with Crippen LogP contribution in [-0.4, -0.2) is 86.3 Å². The van der Waals surface area contributed by atoms with E-state index in [-0.39, 0.29) is 37.4 Å².